The fourth-order valence-electron chi connectivity index (χ4n) is 2.07. The topological polar surface area (TPSA) is 77.8 Å². The summed E-state index contributed by atoms with van der Waals surface area (Å²) in [6.45, 7) is 2.10. The van der Waals surface area contributed by atoms with Gasteiger partial charge in [-0.15, -0.1) is 0 Å². The first-order chi connectivity index (χ1) is 8.72. The molecule has 0 aliphatic heterocycles. The fraction of sp³-hybridized carbons (Fsp3) is 0.286. The summed E-state index contributed by atoms with van der Waals surface area (Å²) in [4.78, 5) is 8.21. The summed E-state index contributed by atoms with van der Waals surface area (Å²) < 4.78 is 0. The van der Waals surface area contributed by atoms with Gasteiger partial charge in [-0.2, -0.15) is 0 Å². The van der Waals surface area contributed by atoms with E-state index in [1.165, 1.54) is 5.56 Å². The van der Waals surface area contributed by atoms with Gasteiger partial charge in [0.2, 0.25) is 0 Å². The molecule has 0 aliphatic carbocycles. The Bertz CT molecular complexity index is 525. The second-order valence-electron chi connectivity index (χ2n) is 4.29. The van der Waals surface area contributed by atoms with Crippen molar-refractivity contribution in [1.82, 2.24) is 9.97 Å². The van der Waals surface area contributed by atoms with Crippen LogP contribution in [0.5, 0.6) is 0 Å². The van der Waals surface area contributed by atoms with Crippen molar-refractivity contribution in [3.63, 3.8) is 0 Å². The molecule has 4 N–H and O–H groups in total. The highest BCUT2D eigenvalue weighted by atomic mass is 14.8. The first kappa shape index (κ1) is 12.5. The van der Waals surface area contributed by atoms with E-state index in [4.69, 9.17) is 11.5 Å². The van der Waals surface area contributed by atoms with E-state index in [9.17, 15) is 0 Å². The molecule has 4 nitrogen and oxygen atoms in total. The lowest BCUT2D eigenvalue weighted by molar-refractivity contribution is 0.709. The zero-order chi connectivity index (χ0) is 13.0. The van der Waals surface area contributed by atoms with Crippen LogP contribution in [-0.4, -0.2) is 9.97 Å². The number of anilines is 1. The molecule has 18 heavy (non-hydrogen) atoms. The Morgan fingerprint density at radius 1 is 1.22 bits per heavy atom. The summed E-state index contributed by atoms with van der Waals surface area (Å²) >= 11 is 0. The number of aromatic nitrogens is 2. The molecular weight excluding hydrogens is 224 g/mol. The van der Waals surface area contributed by atoms with Crippen LogP contribution < -0.4 is 11.5 Å². The maximum absolute atomic E-state index is 6.26. The van der Waals surface area contributed by atoms with Gasteiger partial charge in [0.15, 0.2) is 0 Å². The molecule has 0 aliphatic rings. The molecule has 0 fully saturated rings. The van der Waals surface area contributed by atoms with Gasteiger partial charge in [0.25, 0.3) is 0 Å². The molecule has 4 heteroatoms. The van der Waals surface area contributed by atoms with Gasteiger partial charge in [-0.1, -0.05) is 13.0 Å². The summed E-state index contributed by atoms with van der Waals surface area (Å²) in [5, 5.41) is 0. The Labute approximate surface area is 107 Å². The number of nitrogens with two attached hydrogens (primary N) is 2. The van der Waals surface area contributed by atoms with Crippen LogP contribution in [0.2, 0.25) is 0 Å². The maximum atomic E-state index is 6.26. The third kappa shape index (κ3) is 2.65. The van der Waals surface area contributed by atoms with E-state index in [-0.39, 0.29) is 6.04 Å². The van der Waals surface area contributed by atoms with Crippen LogP contribution in [-0.2, 0) is 12.8 Å². The number of nitrogen functional groups attached to an aromatic ring is 1. The van der Waals surface area contributed by atoms with Crippen LogP contribution in [0.1, 0.15) is 29.7 Å². The number of hydrogen-bond donors (Lipinski definition) is 2. The second-order valence-corrected chi connectivity index (χ2v) is 4.29. The van der Waals surface area contributed by atoms with Gasteiger partial charge in [0.1, 0.15) is 5.82 Å². The minimum Gasteiger partial charge on any atom is -0.383 e. The van der Waals surface area contributed by atoms with Crippen molar-refractivity contribution in [2.45, 2.75) is 25.8 Å². The van der Waals surface area contributed by atoms with Gasteiger partial charge in [0, 0.05) is 24.6 Å². The maximum Gasteiger partial charge on any atom is 0.126 e. The molecule has 2 rings (SSSR count). The molecule has 0 aromatic carbocycles. The van der Waals surface area contributed by atoms with Crippen molar-refractivity contribution in [2.24, 2.45) is 5.73 Å². The van der Waals surface area contributed by atoms with Gasteiger partial charge in [-0.3, -0.25) is 4.98 Å². The lowest BCUT2D eigenvalue weighted by Gasteiger charge is -2.16. The van der Waals surface area contributed by atoms with E-state index >= 15 is 0 Å². The molecule has 2 aromatic rings. The number of hydrogen-bond acceptors (Lipinski definition) is 4. The quantitative estimate of drug-likeness (QED) is 0.858. The highest BCUT2D eigenvalue weighted by Gasteiger charge is 2.12. The first-order valence-corrected chi connectivity index (χ1v) is 6.10. The Morgan fingerprint density at radius 2 is 2.06 bits per heavy atom. The molecule has 0 bridgehead atoms. The molecule has 0 spiro atoms. The van der Waals surface area contributed by atoms with Gasteiger partial charge in [0.05, 0.1) is 0 Å². The fourth-order valence-corrected chi connectivity index (χ4v) is 2.07. The minimum atomic E-state index is -0.0746. The monoisotopic (exact) mass is 242 g/mol. The number of rotatable bonds is 4. The molecule has 2 heterocycles. The zero-order valence-electron chi connectivity index (χ0n) is 10.5. The summed E-state index contributed by atoms with van der Waals surface area (Å²) in [7, 11) is 0. The van der Waals surface area contributed by atoms with E-state index in [1.54, 1.807) is 12.4 Å². The molecule has 1 atom stereocenters. The Kier molecular flexibility index (Phi) is 3.89. The van der Waals surface area contributed by atoms with Crippen LogP contribution in [0, 0.1) is 0 Å². The van der Waals surface area contributed by atoms with Crippen molar-refractivity contribution in [1.29, 1.82) is 0 Å². The number of nitrogens with zero attached hydrogens (tertiary/aromatic N) is 2. The van der Waals surface area contributed by atoms with Crippen LogP contribution in [0.15, 0.2) is 36.8 Å². The van der Waals surface area contributed by atoms with Gasteiger partial charge in [-0.25, -0.2) is 4.98 Å². The number of aryl methyl sites for hydroxylation is 1. The summed E-state index contributed by atoms with van der Waals surface area (Å²) in [5.74, 6) is 0.556. The number of pyridine rings is 2. The van der Waals surface area contributed by atoms with E-state index in [1.807, 2.05) is 24.4 Å². The molecule has 0 radical (unpaired) electrons. The van der Waals surface area contributed by atoms with Gasteiger partial charge in [-0.05, 0) is 41.7 Å². The summed E-state index contributed by atoms with van der Waals surface area (Å²) in [6, 6.07) is 5.76. The predicted molar refractivity (Wildman–Crippen MR) is 72.9 cm³/mol. The first-order valence-electron chi connectivity index (χ1n) is 6.10. The molecule has 1 unspecified atom stereocenters. The second kappa shape index (κ2) is 5.60. The third-order valence-corrected chi connectivity index (χ3v) is 3.09. The van der Waals surface area contributed by atoms with E-state index in [0.29, 0.717) is 12.2 Å². The lowest BCUT2D eigenvalue weighted by Crippen LogP contribution is -2.16. The average molecular weight is 242 g/mol. The Hall–Kier alpha value is -1.94. The summed E-state index contributed by atoms with van der Waals surface area (Å²) in [5.41, 5.74) is 15.4. The van der Waals surface area contributed by atoms with Gasteiger partial charge >= 0.3 is 0 Å². The molecule has 2 aromatic heterocycles. The Morgan fingerprint density at radius 3 is 2.78 bits per heavy atom. The molecule has 0 saturated heterocycles. The van der Waals surface area contributed by atoms with Crippen molar-refractivity contribution in [3.05, 3.63) is 53.5 Å². The van der Waals surface area contributed by atoms with Gasteiger partial charge < -0.3 is 11.5 Å². The molecular formula is C14H18N4. The highest BCUT2D eigenvalue weighted by molar-refractivity contribution is 5.40. The average Bonchev–Trinajstić information content (AvgIpc) is 2.41. The third-order valence-electron chi connectivity index (χ3n) is 3.09. The molecule has 94 valence electrons. The standard InChI is InChI=1S/C14H18N4/c1-2-10-9-17-7-5-12(10)13(15)8-11-4-3-6-18-14(11)16/h3-7,9,13H,2,8,15H2,1H3,(H2,16,18). The Balaban J connectivity index is 2.22. The lowest BCUT2D eigenvalue weighted by atomic mass is 9.96. The van der Waals surface area contributed by atoms with Crippen molar-refractivity contribution >= 4 is 5.82 Å². The molecule has 0 saturated carbocycles. The minimum absolute atomic E-state index is 0.0746. The van der Waals surface area contributed by atoms with E-state index in [2.05, 4.69) is 16.9 Å². The van der Waals surface area contributed by atoms with Crippen molar-refractivity contribution in [2.75, 3.05) is 5.73 Å². The SMILES string of the molecule is CCc1cnccc1C(N)Cc1cccnc1N. The van der Waals surface area contributed by atoms with Crippen LogP contribution in [0.4, 0.5) is 5.82 Å². The van der Waals surface area contributed by atoms with E-state index < -0.39 is 0 Å². The predicted octanol–water partition coefficient (Wildman–Crippen LogP) is 1.86. The van der Waals surface area contributed by atoms with E-state index in [0.717, 1.165) is 17.5 Å². The van der Waals surface area contributed by atoms with Crippen LogP contribution in [0.25, 0.3) is 0 Å². The smallest absolute Gasteiger partial charge is 0.126 e. The normalized spacial score (nSPS) is 12.3. The summed E-state index contributed by atoms with van der Waals surface area (Å²) in [6.07, 6.45) is 6.97. The van der Waals surface area contributed by atoms with Crippen molar-refractivity contribution < 1.29 is 0 Å². The largest absolute Gasteiger partial charge is 0.383 e. The highest BCUT2D eigenvalue weighted by Crippen LogP contribution is 2.21. The molecule has 0 amide bonds. The zero-order valence-corrected chi connectivity index (χ0v) is 10.5. The van der Waals surface area contributed by atoms with Crippen molar-refractivity contribution in [3.8, 4) is 0 Å². The van der Waals surface area contributed by atoms with Crippen LogP contribution >= 0.6 is 0 Å². The van der Waals surface area contributed by atoms with Crippen LogP contribution in [0.3, 0.4) is 0 Å².